The van der Waals surface area contributed by atoms with Gasteiger partial charge in [-0.2, -0.15) is 5.26 Å². The third-order valence-electron chi connectivity index (χ3n) is 3.62. The number of aromatic hydroxyl groups is 1. The van der Waals surface area contributed by atoms with Crippen LogP contribution in [0.3, 0.4) is 0 Å². The molecule has 106 valence electrons. The number of nitro benzene ring substituents is 1. The summed E-state index contributed by atoms with van der Waals surface area (Å²) in [4.78, 5) is 9.58. The lowest BCUT2D eigenvalue weighted by Crippen LogP contribution is -2.32. The average molecular weight is 296 g/mol. The molecule has 20 heavy (non-hydrogen) atoms. The molecule has 1 fully saturated rings. The van der Waals surface area contributed by atoms with Crippen LogP contribution in [0.1, 0.15) is 24.8 Å². The molecule has 1 aromatic rings. The van der Waals surface area contributed by atoms with Crippen LogP contribution in [0.15, 0.2) is 17.0 Å². The van der Waals surface area contributed by atoms with E-state index in [1.165, 1.54) is 6.07 Å². The third-order valence-corrected chi connectivity index (χ3v) is 4.73. The molecule has 1 N–H and O–H groups in total. The van der Waals surface area contributed by atoms with E-state index in [0.717, 1.165) is 18.7 Å². The van der Waals surface area contributed by atoms with E-state index in [-0.39, 0.29) is 5.56 Å². The predicted molar refractivity (Wildman–Crippen MR) is 69.0 cm³/mol. The Morgan fingerprint density at radius 1 is 1.45 bits per heavy atom. The van der Waals surface area contributed by atoms with Crippen molar-refractivity contribution in [2.45, 2.75) is 29.6 Å². The van der Waals surface area contributed by atoms with Gasteiger partial charge in [-0.15, -0.1) is 0 Å². The summed E-state index contributed by atoms with van der Waals surface area (Å²) in [5.41, 5.74) is -1.31. The van der Waals surface area contributed by atoms with Gasteiger partial charge in [0.25, 0.3) is 0 Å². The van der Waals surface area contributed by atoms with E-state index in [2.05, 4.69) is 6.07 Å². The zero-order valence-corrected chi connectivity index (χ0v) is 11.5. The van der Waals surface area contributed by atoms with Gasteiger partial charge in [0.15, 0.2) is 9.84 Å². The molecule has 0 spiro atoms. The quantitative estimate of drug-likeness (QED) is 0.668. The molecule has 0 saturated heterocycles. The number of nitriles is 1. The molecular weight excluding hydrogens is 284 g/mol. The average Bonchev–Trinajstić information content (AvgIpc) is 2.28. The van der Waals surface area contributed by atoms with E-state index < -0.39 is 36.5 Å². The van der Waals surface area contributed by atoms with Crippen molar-refractivity contribution in [1.82, 2.24) is 0 Å². The summed E-state index contributed by atoms with van der Waals surface area (Å²) in [5.74, 6) is -0.881. The van der Waals surface area contributed by atoms with Crippen molar-refractivity contribution in [2.75, 3.05) is 6.26 Å². The zero-order valence-electron chi connectivity index (χ0n) is 10.7. The van der Waals surface area contributed by atoms with Crippen LogP contribution in [-0.2, 0) is 15.3 Å². The lowest BCUT2D eigenvalue weighted by molar-refractivity contribution is -0.386. The van der Waals surface area contributed by atoms with Crippen molar-refractivity contribution in [3.05, 3.63) is 27.8 Å². The van der Waals surface area contributed by atoms with Crippen molar-refractivity contribution in [3.63, 3.8) is 0 Å². The fraction of sp³-hybridized carbons (Fsp3) is 0.417. The van der Waals surface area contributed by atoms with Gasteiger partial charge in [0, 0.05) is 12.3 Å². The van der Waals surface area contributed by atoms with Gasteiger partial charge in [0.1, 0.15) is 4.90 Å². The van der Waals surface area contributed by atoms with E-state index in [0.29, 0.717) is 12.8 Å². The second kappa shape index (κ2) is 4.45. The fourth-order valence-electron chi connectivity index (χ4n) is 2.29. The van der Waals surface area contributed by atoms with Gasteiger partial charge in [0.2, 0.25) is 5.75 Å². The van der Waals surface area contributed by atoms with Gasteiger partial charge >= 0.3 is 5.69 Å². The van der Waals surface area contributed by atoms with E-state index in [1.807, 2.05) is 0 Å². The summed E-state index contributed by atoms with van der Waals surface area (Å²) in [5, 5.41) is 29.9. The summed E-state index contributed by atoms with van der Waals surface area (Å²) in [6.07, 6.45) is 2.70. The molecule has 0 amide bonds. The maximum Gasteiger partial charge on any atom is 0.312 e. The summed E-state index contributed by atoms with van der Waals surface area (Å²) in [6.45, 7) is 0. The Balaban J connectivity index is 2.76. The van der Waals surface area contributed by atoms with Gasteiger partial charge in [-0.1, -0.05) is 0 Å². The number of benzene rings is 1. The molecule has 2 rings (SSSR count). The smallest absolute Gasteiger partial charge is 0.312 e. The standard InChI is InChI=1S/C12H12N2O5S/c1-20(18,19)10-6-8(12(7-13)3-2-4-12)5-9(11(10)15)14(16)17/h5-6,15H,2-4H2,1H3. The van der Waals surface area contributed by atoms with Crippen LogP contribution in [0.4, 0.5) is 5.69 Å². The van der Waals surface area contributed by atoms with Gasteiger partial charge in [-0.3, -0.25) is 10.1 Å². The summed E-state index contributed by atoms with van der Waals surface area (Å²) in [6, 6.07) is 4.35. The van der Waals surface area contributed by atoms with Gasteiger partial charge in [-0.25, -0.2) is 8.42 Å². The molecule has 0 radical (unpaired) electrons. The van der Waals surface area contributed by atoms with Crippen molar-refractivity contribution in [2.24, 2.45) is 0 Å². The fourth-order valence-corrected chi connectivity index (χ4v) is 3.08. The molecule has 0 aliphatic heterocycles. The molecule has 8 heteroatoms. The molecule has 0 bridgehead atoms. The normalized spacial score (nSPS) is 17.0. The van der Waals surface area contributed by atoms with Crippen molar-refractivity contribution in [1.29, 1.82) is 5.26 Å². The molecular formula is C12H12N2O5S. The van der Waals surface area contributed by atoms with Crippen LogP contribution in [0.2, 0.25) is 0 Å². The Bertz CT molecular complexity index is 729. The topological polar surface area (TPSA) is 121 Å². The summed E-state index contributed by atoms with van der Waals surface area (Å²) in [7, 11) is -3.83. The number of phenolic OH excluding ortho intramolecular Hbond substituents is 1. The number of nitro groups is 1. The largest absolute Gasteiger partial charge is 0.501 e. The first-order chi connectivity index (χ1) is 9.21. The number of hydrogen-bond acceptors (Lipinski definition) is 6. The Morgan fingerprint density at radius 3 is 2.40 bits per heavy atom. The molecule has 0 unspecified atom stereocenters. The highest BCUT2D eigenvalue weighted by molar-refractivity contribution is 7.90. The molecule has 1 aliphatic rings. The van der Waals surface area contributed by atoms with E-state index in [4.69, 9.17) is 0 Å². The van der Waals surface area contributed by atoms with Gasteiger partial charge in [0.05, 0.1) is 16.4 Å². The number of rotatable bonds is 3. The highest BCUT2D eigenvalue weighted by Gasteiger charge is 2.41. The van der Waals surface area contributed by atoms with Crippen molar-refractivity contribution in [3.8, 4) is 11.8 Å². The van der Waals surface area contributed by atoms with Crippen LogP contribution in [0.25, 0.3) is 0 Å². The van der Waals surface area contributed by atoms with Crippen LogP contribution in [-0.4, -0.2) is 24.7 Å². The minimum Gasteiger partial charge on any atom is -0.501 e. The van der Waals surface area contributed by atoms with Crippen molar-refractivity contribution >= 4 is 15.5 Å². The van der Waals surface area contributed by atoms with Gasteiger partial charge < -0.3 is 5.11 Å². The molecule has 0 atom stereocenters. The number of hydrogen-bond donors (Lipinski definition) is 1. The SMILES string of the molecule is CS(=O)(=O)c1cc(C2(C#N)CCC2)cc([N+](=O)[O-])c1O. The molecule has 0 heterocycles. The minimum absolute atomic E-state index is 0.274. The second-order valence-electron chi connectivity index (χ2n) is 4.92. The maximum atomic E-state index is 11.6. The zero-order chi connectivity index (χ0) is 15.1. The highest BCUT2D eigenvalue weighted by Crippen LogP contribution is 2.46. The molecule has 7 nitrogen and oxygen atoms in total. The predicted octanol–water partition coefficient (Wildman–Crippen LogP) is 1.65. The highest BCUT2D eigenvalue weighted by atomic mass is 32.2. The Morgan fingerprint density at radius 2 is 2.05 bits per heavy atom. The Hall–Kier alpha value is -2.14. The van der Waals surface area contributed by atoms with E-state index in [9.17, 15) is 28.9 Å². The van der Waals surface area contributed by atoms with Gasteiger partial charge in [-0.05, 0) is 30.9 Å². The molecule has 1 saturated carbocycles. The summed E-state index contributed by atoms with van der Waals surface area (Å²) < 4.78 is 23.3. The third kappa shape index (κ3) is 2.10. The first-order valence-corrected chi connectivity index (χ1v) is 7.73. The van der Waals surface area contributed by atoms with Crippen LogP contribution in [0.5, 0.6) is 5.75 Å². The molecule has 0 aromatic heterocycles. The van der Waals surface area contributed by atoms with Crippen LogP contribution < -0.4 is 0 Å². The number of sulfone groups is 1. The molecule has 1 aliphatic carbocycles. The van der Waals surface area contributed by atoms with Crippen LogP contribution >= 0.6 is 0 Å². The Labute approximate surface area is 115 Å². The lowest BCUT2D eigenvalue weighted by Gasteiger charge is -2.35. The number of nitrogens with zero attached hydrogens (tertiary/aromatic N) is 2. The first kappa shape index (κ1) is 14.3. The second-order valence-corrected chi connectivity index (χ2v) is 6.90. The Kier molecular flexibility index (Phi) is 3.18. The first-order valence-electron chi connectivity index (χ1n) is 5.84. The number of phenols is 1. The maximum absolute atomic E-state index is 11.6. The van der Waals surface area contributed by atoms with Crippen LogP contribution in [0, 0.1) is 21.4 Å². The molecule has 1 aromatic carbocycles. The van der Waals surface area contributed by atoms with E-state index >= 15 is 0 Å². The minimum atomic E-state index is -3.83. The monoisotopic (exact) mass is 296 g/mol. The lowest BCUT2D eigenvalue weighted by atomic mass is 9.65. The van der Waals surface area contributed by atoms with E-state index in [1.54, 1.807) is 0 Å². The van der Waals surface area contributed by atoms with Crippen molar-refractivity contribution < 1.29 is 18.4 Å². The summed E-state index contributed by atoms with van der Waals surface area (Å²) >= 11 is 0.